The second kappa shape index (κ2) is 2.49. The van der Waals surface area contributed by atoms with Crippen LogP contribution < -0.4 is 0 Å². The van der Waals surface area contributed by atoms with E-state index in [0.717, 1.165) is 12.0 Å². The lowest BCUT2D eigenvalue weighted by Crippen LogP contribution is -1.85. The Labute approximate surface area is 53.9 Å². The standard InChI is InChI=1S/C7H8NO/c1-2-6-3-4-8-7(6)5-9/h3-4,8H,2H2,1H3. The lowest BCUT2D eigenvalue weighted by molar-refractivity contribution is 0.561. The third-order valence-corrected chi connectivity index (χ3v) is 1.32. The molecular weight excluding hydrogens is 114 g/mol. The van der Waals surface area contributed by atoms with Crippen molar-refractivity contribution in [2.24, 2.45) is 0 Å². The smallest absolute Gasteiger partial charge is 0.251 e. The second-order valence-corrected chi connectivity index (χ2v) is 1.83. The van der Waals surface area contributed by atoms with Crippen molar-refractivity contribution in [2.75, 3.05) is 0 Å². The molecule has 9 heavy (non-hydrogen) atoms. The van der Waals surface area contributed by atoms with Gasteiger partial charge in [-0.15, -0.1) is 0 Å². The second-order valence-electron chi connectivity index (χ2n) is 1.83. The summed E-state index contributed by atoms with van der Waals surface area (Å²) in [5.41, 5.74) is 1.61. The first-order valence-electron chi connectivity index (χ1n) is 2.93. The molecule has 0 fully saturated rings. The number of hydrogen-bond acceptors (Lipinski definition) is 1. The van der Waals surface area contributed by atoms with Gasteiger partial charge in [0.15, 0.2) is 0 Å². The predicted molar refractivity (Wildman–Crippen MR) is 35.0 cm³/mol. The van der Waals surface area contributed by atoms with E-state index in [4.69, 9.17) is 0 Å². The van der Waals surface area contributed by atoms with Crippen molar-refractivity contribution in [1.29, 1.82) is 0 Å². The maximum Gasteiger partial charge on any atom is 0.251 e. The number of aromatic amines is 1. The fraction of sp³-hybridized carbons (Fsp3) is 0.286. The minimum absolute atomic E-state index is 0.581. The van der Waals surface area contributed by atoms with E-state index in [2.05, 4.69) is 4.98 Å². The van der Waals surface area contributed by atoms with Crippen LogP contribution in [0, 0.1) is 0 Å². The van der Waals surface area contributed by atoms with Gasteiger partial charge in [-0.1, -0.05) is 6.92 Å². The molecule has 1 heterocycles. The van der Waals surface area contributed by atoms with Crippen molar-refractivity contribution >= 4 is 6.29 Å². The van der Waals surface area contributed by atoms with Crippen LogP contribution in [0.15, 0.2) is 12.3 Å². The Morgan fingerprint density at radius 1 is 1.78 bits per heavy atom. The van der Waals surface area contributed by atoms with Crippen molar-refractivity contribution in [2.45, 2.75) is 13.3 Å². The van der Waals surface area contributed by atoms with E-state index in [-0.39, 0.29) is 0 Å². The van der Waals surface area contributed by atoms with Crippen LogP contribution in [0.4, 0.5) is 0 Å². The van der Waals surface area contributed by atoms with E-state index in [1.54, 1.807) is 6.20 Å². The monoisotopic (exact) mass is 122 g/mol. The SMILES string of the molecule is CCc1cc[nH]c1[C]=O. The topological polar surface area (TPSA) is 32.9 Å². The molecule has 2 nitrogen and oxygen atoms in total. The summed E-state index contributed by atoms with van der Waals surface area (Å²) in [6, 6.07) is 1.89. The average Bonchev–Trinajstić information content (AvgIpc) is 2.33. The zero-order valence-electron chi connectivity index (χ0n) is 5.27. The van der Waals surface area contributed by atoms with Crippen LogP contribution in [0.5, 0.6) is 0 Å². The van der Waals surface area contributed by atoms with Crippen LogP contribution in [0.2, 0.25) is 0 Å². The molecule has 2 heteroatoms. The first-order valence-corrected chi connectivity index (χ1v) is 2.93. The molecule has 0 aliphatic rings. The highest BCUT2D eigenvalue weighted by molar-refractivity contribution is 5.74. The van der Waals surface area contributed by atoms with Gasteiger partial charge in [0, 0.05) is 6.20 Å². The van der Waals surface area contributed by atoms with E-state index in [1.165, 1.54) is 0 Å². The van der Waals surface area contributed by atoms with Crippen LogP contribution in [-0.4, -0.2) is 11.3 Å². The van der Waals surface area contributed by atoms with Crippen molar-refractivity contribution < 1.29 is 4.79 Å². The Balaban J connectivity index is 2.98. The summed E-state index contributed by atoms with van der Waals surface area (Å²) in [6.45, 7) is 2.00. The summed E-state index contributed by atoms with van der Waals surface area (Å²) in [4.78, 5) is 12.9. The van der Waals surface area contributed by atoms with Gasteiger partial charge in [0.05, 0.1) is 5.69 Å². The quantitative estimate of drug-likeness (QED) is 0.624. The van der Waals surface area contributed by atoms with Crippen LogP contribution >= 0.6 is 0 Å². The molecule has 47 valence electrons. The minimum atomic E-state index is 0.581. The summed E-state index contributed by atoms with van der Waals surface area (Å²) in [7, 11) is 0. The van der Waals surface area contributed by atoms with Crippen molar-refractivity contribution in [1.82, 2.24) is 4.98 Å². The Hall–Kier alpha value is -1.05. The largest absolute Gasteiger partial charge is 0.358 e. The molecule has 1 aromatic rings. The van der Waals surface area contributed by atoms with Gasteiger partial charge in [-0.25, -0.2) is 0 Å². The average molecular weight is 122 g/mol. The van der Waals surface area contributed by atoms with Gasteiger partial charge in [0.1, 0.15) is 0 Å². The first-order chi connectivity index (χ1) is 4.38. The van der Waals surface area contributed by atoms with Gasteiger partial charge in [0.2, 0.25) is 0 Å². The van der Waals surface area contributed by atoms with E-state index in [1.807, 2.05) is 19.3 Å². The van der Waals surface area contributed by atoms with Crippen molar-refractivity contribution in [3.8, 4) is 0 Å². The van der Waals surface area contributed by atoms with Gasteiger partial charge in [-0.2, -0.15) is 0 Å². The molecule has 0 saturated heterocycles. The lowest BCUT2D eigenvalue weighted by Gasteiger charge is -1.86. The summed E-state index contributed by atoms with van der Waals surface area (Å²) >= 11 is 0. The Kier molecular flexibility index (Phi) is 1.68. The molecule has 0 atom stereocenters. The summed E-state index contributed by atoms with van der Waals surface area (Å²) in [6.07, 6.45) is 4.45. The maximum atomic E-state index is 10.1. The highest BCUT2D eigenvalue weighted by Gasteiger charge is 1.97. The first kappa shape index (κ1) is 6.08. The molecule has 0 unspecified atom stereocenters. The lowest BCUT2D eigenvalue weighted by atomic mass is 10.2. The highest BCUT2D eigenvalue weighted by atomic mass is 16.1. The molecule has 0 amide bonds. The normalized spacial score (nSPS) is 9.44. The third kappa shape index (κ3) is 1.02. The van der Waals surface area contributed by atoms with Gasteiger partial charge in [-0.05, 0) is 18.1 Å². The molecule has 1 N–H and O–H groups in total. The molecule has 1 aromatic heterocycles. The fourth-order valence-corrected chi connectivity index (χ4v) is 0.791. The van der Waals surface area contributed by atoms with Crippen LogP contribution in [0.25, 0.3) is 0 Å². The van der Waals surface area contributed by atoms with E-state index >= 15 is 0 Å². The molecule has 0 aromatic carbocycles. The molecule has 0 bridgehead atoms. The van der Waals surface area contributed by atoms with Crippen LogP contribution in [0.3, 0.4) is 0 Å². The summed E-state index contributed by atoms with van der Waals surface area (Å²) in [5, 5.41) is 0. The number of H-pyrrole nitrogens is 1. The van der Waals surface area contributed by atoms with E-state index in [9.17, 15) is 4.79 Å². The van der Waals surface area contributed by atoms with Crippen LogP contribution in [0.1, 0.15) is 18.2 Å². The predicted octanol–water partition coefficient (Wildman–Crippen LogP) is 1.03. The summed E-state index contributed by atoms with van der Waals surface area (Å²) < 4.78 is 0. The van der Waals surface area contributed by atoms with Crippen molar-refractivity contribution in [3.05, 3.63) is 23.5 Å². The molecule has 0 spiro atoms. The van der Waals surface area contributed by atoms with Gasteiger partial charge < -0.3 is 4.98 Å². The molecule has 0 aliphatic heterocycles. The number of rotatable bonds is 2. The van der Waals surface area contributed by atoms with Crippen LogP contribution in [-0.2, 0) is 11.2 Å². The van der Waals surface area contributed by atoms with Gasteiger partial charge >= 0.3 is 0 Å². The molecule has 0 aliphatic carbocycles. The van der Waals surface area contributed by atoms with E-state index in [0.29, 0.717) is 5.69 Å². The van der Waals surface area contributed by atoms with Gasteiger partial charge in [0.25, 0.3) is 6.29 Å². The Bertz CT molecular complexity index is 202. The summed E-state index contributed by atoms with van der Waals surface area (Å²) in [5.74, 6) is 0. The maximum absolute atomic E-state index is 10.1. The number of nitrogens with one attached hydrogen (secondary N) is 1. The Morgan fingerprint density at radius 3 is 3.00 bits per heavy atom. The molecular formula is C7H8NO. The number of carbonyl (C=O) groups excluding carboxylic acids is 1. The zero-order chi connectivity index (χ0) is 6.69. The number of hydrogen-bond donors (Lipinski definition) is 1. The number of aryl methyl sites for hydroxylation is 1. The van der Waals surface area contributed by atoms with Crippen molar-refractivity contribution in [3.63, 3.8) is 0 Å². The minimum Gasteiger partial charge on any atom is -0.358 e. The zero-order valence-corrected chi connectivity index (χ0v) is 5.27. The Morgan fingerprint density at radius 2 is 2.56 bits per heavy atom. The fourth-order valence-electron chi connectivity index (χ4n) is 0.791. The third-order valence-electron chi connectivity index (χ3n) is 1.32. The molecule has 0 saturated carbocycles. The molecule has 1 rings (SSSR count). The van der Waals surface area contributed by atoms with E-state index < -0.39 is 0 Å². The molecule has 1 radical (unpaired) electrons. The highest BCUT2D eigenvalue weighted by Crippen LogP contribution is 2.02. The van der Waals surface area contributed by atoms with Gasteiger partial charge in [-0.3, -0.25) is 4.79 Å². The number of aromatic nitrogens is 1.